The highest BCUT2D eigenvalue weighted by Gasteiger charge is 2.38. The minimum atomic E-state index is -0.272. The molecule has 3 rings (SSSR count). The van der Waals surface area contributed by atoms with E-state index in [9.17, 15) is 4.79 Å². The maximum Gasteiger partial charge on any atom is 0.250 e. The largest absolute Gasteiger partial charge is 0.310 e. The summed E-state index contributed by atoms with van der Waals surface area (Å²) >= 11 is 0. The summed E-state index contributed by atoms with van der Waals surface area (Å²) in [7, 11) is 0. The summed E-state index contributed by atoms with van der Waals surface area (Å²) in [4.78, 5) is 16.1. The van der Waals surface area contributed by atoms with Gasteiger partial charge in [0.2, 0.25) is 5.91 Å². The Kier molecular flexibility index (Phi) is 2.90. The van der Waals surface area contributed by atoms with E-state index in [1.54, 1.807) is 4.90 Å². The number of likely N-dealkylation sites (tertiary alicyclic amines) is 1. The van der Waals surface area contributed by atoms with E-state index >= 15 is 0 Å². The molecule has 1 amide bonds. The van der Waals surface area contributed by atoms with Gasteiger partial charge in [-0.3, -0.25) is 9.69 Å². The molecule has 1 aromatic carbocycles. The lowest BCUT2D eigenvalue weighted by Gasteiger charge is -2.24. The molecule has 19 heavy (non-hydrogen) atoms. The Labute approximate surface area is 113 Å². The van der Waals surface area contributed by atoms with Gasteiger partial charge in [0.25, 0.3) is 0 Å². The monoisotopic (exact) mass is 255 g/mol. The Morgan fingerprint density at radius 2 is 2.21 bits per heavy atom. The molecule has 2 aliphatic rings. The minimum absolute atomic E-state index is 0.0795. The first-order valence-electron chi connectivity index (χ1n) is 6.76. The molecule has 0 aromatic heterocycles. The average molecular weight is 255 g/mol. The van der Waals surface area contributed by atoms with Crippen LogP contribution in [-0.4, -0.2) is 29.9 Å². The van der Waals surface area contributed by atoms with E-state index in [2.05, 4.69) is 19.2 Å². The molecule has 2 aliphatic heterocycles. The molecule has 0 bridgehead atoms. The number of carbonyl (C=O) groups is 1. The lowest BCUT2D eigenvalue weighted by atomic mass is 10.1. The van der Waals surface area contributed by atoms with Crippen molar-refractivity contribution in [2.24, 2.45) is 5.92 Å². The average Bonchev–Trinajstić information content (AvgIpc) is 3.01. The minimum Gasteiger partial charge on any atom is -0.310 e. The summed E-state index contributed by atoms with van der Waals surface area (Å²) in [5.74, 6) is 0.488. The van der Waals surface area contributed by atoms with Crippen LogP contribution in [0.25, 0.3) is 0 Å². The molecule has 0 radical (unpaired) electrons. The Bertz CT molecular complexity index is 549. The highest BCUT2D eigenvalue weighted by Crippen LogP contribution is 2.31. The molecule has 98 valence electrons. The molecule has 2 atom stereocenters. The van der Waals surface area contributed by atoms with Gasteiger partial charge in [0.15, 0.2) is 6.19 Å². The second kappa shape index (κ2) is 4.58. The summed E-state index contributed by atoms with van der Waals surface area (Å²) in [5, 5.41) is 9.15. The smallest absolute Gasteiger partial charge is 0.250 e. The van der Waals surface area contributed by atoms with Crippen LogP contribution in [0.15, 0.2) is 24.3 Å². The number of carbonyl (C=O) groups excluding carboxylic acids is 1. The zero-order valence-electron chi connectivity index (χ0n) is 11.0. The topological polar surface area (TPSA) is 47.3 Å². The van der Waals surface area contributed by atoms with Crippen LogP contribution in [0.2, 0.25) is 0 Å². The molecule has 1 unspecified atom stereocenters. The van der Waals surface area contributed by atoms with Crippen LogP contribution in [0.5, 0.6) is 0 Å². The molecule has 0 N–H and O–H groups in total. The number of para-hydroxylation sites is 1. The summed E-state index contributed by atoms with van der Waals surface area (Å²) < 4.78 is 0. The summed E-state index contributed by atoms with van der Waals surface area (Å²) in [6.07, 6.45) is 3.85. The van der Waals surface area contributed by atoms with E-state index in [0.717, 1.165) is 25.1 Å². The maximum absolute atomic E-state index is 12.7. The molecule has 4 heteroatoms. The van der Waals surface area contributed by atoms with E-state index in [1.807, 2.05) is 23.1 Å². The lowest BCUT2D eigenvalue weighted by Crippen LogP contribution is -2.43. The van der Waals surface area contributed by atoms with E-state index in [-0.39, 0.29) is 11.9 Å². The number of nitrogens with zero attached hydrogens (tertiary/aromatic N) is 3. The van der Waals surface area contributed by atoms with Crippen LogP contribution >= 0.6 is 0 Å². The van der Waals surface area contributed by atoms with Gasteiger partial charge >= 0.3 is 0 Å². The van der Waals surface area contributed by atoms with Gasteiger partial charge in [-0.2, -0.15) is 5.26 Å². The predicted molar refractivity (Wildman–Crippen MR) is 72.4 cm³/mol. The van der Waals surface area contributed by atoms with Gasteiger partial charge in [-0.05, 0) is 30.4 Å². The SMILES string of the molecule is CC1C[C@@H](C(=O)N2CCc3ccccc32)N(C#N)C1. The summed E-state index contributed by atoms with van der Waals surface area (Å²) in [5.41, 5.74) is 2.25. The van der Waals surface area contributed by atoms with Crippen molar-refractivity contribution in [1.29, 1.82) is 5.26 Å². The fourth-order valence-corrected chi connectivity index (χ4v) is 3.14. The molecule has 0 spiro atoms. The normalized spacial score (nSPS) is 25.3. The number of nitriles is 1. The molecule has 1 aromatic rings. The fraction of sp³-hybridized carbons (Fsp3) is 0.467. The molecule has 4 nitrogen and oxygen atoms in total. The van der Waals surface area contributed by atoms with Gasteiger partial charge in [0.05, 0.1) is 0 Å². The van der Waals surface area contributed by atoms with Crippen LogP contribution in [-0.2, 0) is 11.2 Å². The number of rotatable bonds is 1. The van der Waals surface area contributed by atoms with Crippen molar-refractivity contribution in [3.8, 4) is 6.19 Å². The Morgan fingerprint density at radius 3 is 3.00 bits per heavy atom. The molecule has 0 saturated carbocycles. The first-order chi connectivity index (χ1) is 9.20. The fourth-order valence-electron chi connectivity index (χ4n) is 3.14. The Hall–Kier alpha value is -2.02. The zero-order chi connectivity index (χ0) is 13.4. The van der Waals surface area contributed by atoms with Crippen LogP contribution in [0.1, 0.15) is 18.9 Å². The van der Waals surface area contributed by atoms with Gasteiger partial charge in [-0.1, -0.05) is 25.1 Å². The highest BCUT2D eigenvalue weighted by molar-refractivity contribution is 5.99. The Morgan fingerprint density at radius 1 is 1.42 bits per heavy atom. The van der Waals surface area contributed by atoms with E-state index in [4.69, 9.17) is 5.26 Å². The van der Waals surface area contributed by atoms with Gasteiger partial charge in [0, 0.05) is 18.8 Å². The number of anilines is 1. The third-order valence-corrected chi connectivity index (χ3v) is 4.08. The maximum atomic E-state index is 12.7. The Balaban J connectivity index is 1.85. The van der Waals surface area contributed by atoms with Gasteiger partial charge in [-0.15, -0.1) is 0 Å². The molecule has 1 fully saturated rings. The van der Waals surface area contributed by atoms with E-state index in [0.29, 0.717) is 12.5 Å². The van der Waals surface area contributed by atoms with Gasteiger partial charge in [0.1, 0.15) is 6.04 Å². The van der Waals surface area contributed by atoms with Crippen molar-refractivity contribution in [3.05, 3.63) is 29.8 Å². The molecule has 0 aliphatic carbocycles. The predicted octanol–water partition coefficient (Wildman–Crippen LogP) is 1.77. The van der Waals surface area contributed by atoms with Crippen molar-refractivity contribution in [3.63, 3.8) is 0 Å². The van der Waals surface area contributed by atoms with E-state index < -0.39 is 0 Å². The lowest BCUT2D eigenvalue weighted by molar-refractivity contribution is -0.121. The van der Waals surface area contributed by atoms with Gasteiger partial charge < -0.3 is 4.90 Å². The highest BCUT2D eigenvalue weighted by atomic mass is 16.2. The molecular formula is C15H17N3O. The number of hydrogen-bond acceptors (Lipinski definition) is 3. The van der Waals surface area contributed by atoms with Crippen LogP contribution in [0, 0.1) is 17.4 Å². The van der Waals surface area contributed by atoms with Crippen molar-refractivity contribution >= 4 is 11.6 Å². The van der Waals surface area contributed by atoms with Crippen molar-refractivity contribution in [1.82, 2.24) is 4.90 Å². The molecule has 2 heterocycles. The first-order valence-corrected chi connectivity index (χ1v) is 6.76. The summed E-state index contributed by atoms with van der Waals surface area (Å²) in [6, 6.07) is 7.76. The number of fused-ring (bicyclic) bond motifs is 1. The molecular weight excluding hydrogens is 238 g/mol. The molecule has 1 saturated heterocycles. The van der Waals surface area contributed by atoms with Gasteiger partial charge in [-0.25, -0.2) is 0 Å². The zero-order valence-corrected chi connectivity index (χ0v) is 11.0. The van der Waals surface area contributed by atoms with Crippen molar-refractivity contribution < 1.29 is 4.79 Å². The van der Waals surface area contributed by atoms with Crippen LogP contribution in [0.4, 0.5) is 5.69 Å². The third-order valence-electron chi connectivity index (χ3n) is 4.08. The second-order valence-electron chi connectivity index (χ2n) is 5.48. The first kappa shape index (κ1) is 12.0. The second-order valence-corrected chi connectivity index (χ2v) is 5.48. The standard InChI is InChI=1S/C15H17N3O/c1-11-8-14(17(9-11)10-16)15(19)18-7-6-12-4-2-3-5-13(12)18/h2-5,11,14H,6-9H2,1H3/t11?,14-/m0/s1. The third kappa shape index (κ3) is 1.95. The van der Waals surface area contributed by atoms with Crippen LogP contribution < -0.4 is 4.90 Å². The number of benzene rings is 1. The quantitative estimate of drug-likeness (QED) is 0.718. The van der Waals surface area contributed by atoms with E-state index in [1.165, 1.54) is 5.56 Å². The van der Waals surface area contributed by atoms with Crippen LogP contribution in [0.3, 0.4) is 0 Å². The van der Waals surface area contributed by atoms with Crippen molar-refractivity contribution in [2.75, 3.05) is 18.0 Å². The number of amides is 1. The summed E-state index contributed by atoms with van der Waals surface area (Å²) in [6.45, 7) is 3.53. The number of hydrogen-bond donors (Lipinski definition) is 0. The van der Waals surface area contributed by atoms with Crippen molar-refractivity contribution in [2.45, 2.75) is 25.8 Å².